The van der Waals surface area contributed by atoms with Gasteiger partial charge in [0.05, 0.1) is 6.10 Å². The molecule has 1 amide bonds. The van der Waals surface area contributed by atoms with Crippen LogP contribution in [0, 0.1) is 0 Å². The van der Waals surface area contributed by atoms with Crippen LogP contribution in [0.4, 0.5) is 5.69 Å². The molecule has 1 aliphatic heterocycles. The van der Waals surface area contributed by atoms with E-state index in [0.29, 0.717) is 12.2 Å². The zero-order chi connectivity index (χ0) is 10.8. The summed E-state index contributed by atoms with van der Waals surface area (Å²) in [6.45, 7) is 0. The summed E-state index contributed by atoms with van der Waals surface area (Å²) in [4.78, 5) is 11.1. The van der Waals surface area contributed by atoms with Crippen LogP contribution in [0.5, 0.6) is 0 Å². The van der Waals surface area contributed by atoms with E-state index in [9.17, 15) is 9.90 Å². The lowest BCUT2D eigenvalue weighted by Crippen LogP contribution is -2.19. The lowest BCUT2D eigenvalue weighted by Gasteiger charge is -2.18. The van der Waals surface area contributed by atoms with E-state index in [-0.39, 0.29) is 5.91 Å². The molecule has 0 spiro atoms. The van der Waals surface area contributed by atoms with Crippen LogP contribution in [0.15, 0.2) is 18.2 Å². The van der Waals surface area contributed by atoms with Crippen molar-refractivity contribution in [3.63, 3.8) is 0 Å². The number of hydrogen-bond acceptors (Lipinski definition) is 3. The first-order valence-corrected chi connectivity index (χ1v) is 5.55. The number of aryl methyl sites for hydroxylation is 1. The molecule has 0 saturated carbocycles. The second-order valence-electron chi connectivity index (χ2n) is 3.66. The normalized spacial score (nSPS) is 16.8. The highest BCUT2D eigenvalue weighted by molar-refractivity contribution is 7.80. The maximum Gasteiger partial charge on any atom is 0.224 e. The third kappa shape index (κ3) is 2.16. The van der Waals surface area contributed by atoms with E-state index < -0.39 is 6.10 Å². The second-order valence-corrected chi connectivity index (χ2v) is 4.03. The van der Waals surface area contributed by atoms with Gasteiger partial charge in [-0.1, -0.05) is 12.1 Å². The van der Waals surface area contributed by atoms with Crippen molar-refractivity contribution in [3.8, 4) is 0 Å². The van der Waals surface area contributed by atoms with Crippen LogP contribution in [0.25, 0.3) is 0 Å². The van der Waals surface area contributed by atoms with Gasteiger partial charge in [0, 0.05) is 17.9 Å². The van der Waals surface area contributed by atoms with E-state index in [1.54, 1.807) is 0 Å². The van der Waals surface area contributed by atoms with Crippen molar-refractivity contribution in [3.05, 3.63) is 29.3 Å². The molecule has 4 heteroatoms. The average Bonchev–Trinajstić information content (AvgIpc) is 2.27. The van der Waals surface area contributed by atoms with Gasteiger partial charge in [-0.3, -0.25) is 4.79 Å². The van der Waals surface area contributed by atoms with Crippen LogP contribution < -0.4 is 5.32 Å². The van der Waals surface area contributed by atoms with Crippen LogP contribution in [-0.2, 0) is 11.2 Å². The number of rotatable bonds is 2. The number of carbonyl (C=O) groups is 1. The predicted octanol–water partition coefficient (Wildman–Crippen LogP) is 1.53. The smallest absolute Gasteiger partial charge is 0.224 e. The van der Waals surface area contributed by atoms with Crippen molar-refractivity contribution in [2.24, 2.45) is 0 Å². The molecule has 1 aromatic rings. The Morgan fingerprint density at radius 2 is 2.27 bits per heavy atom. The molecule has 15 heavy (non-hydrogen) atoms. The fraction of sp³-hybridized carbons (Fsp3) is 0.364. The molecule has 2 rings (SSSR count). The van der Waals surface area contributed by atoms with Crippen molar-refractivity contribution in [2.75, 3.05) is 11.1 Å². The molecular weight excluding hydrogens is 210 g/mol. The number of fused-ring (bicyclic) bond motifs is 1. The largest absolute Gasteiger partial charge is 0.388 e. The van der Waals surface area contributed by atoms with Crippen LogP contribution >= 0.6 is 12.6 Å². The number of thiol groups is 1. The Hall–Kier alpha value is -1.00. The van der Waals surface area contributed by atoms with Crippen molar-refractivity contribution < 1.29 is 9.90 Å². The van der Waals surface area contributed by atoms with E-state index in [0.717, 1.165) is 23.2 Å². The average molecular weight is 223 g/mol. The summed E-state index contributed by atoms with van der Waals surface area (Å²) in [6.07, 6.45) is 0.734. The van der Waals surface area contributed by atoms with Gasteiger partial charge in [-0.2, -0.15) is 12.6 Å². The number of amides is 1. The van der Waals surface area contributed by atoms with E-state index in [2.05, 4.69) is 17.9 Å². The van der Waals surface area contributed by atoms with Crippen LogP contribution in [0.1, 0.15) is 23.7 Å². The quantitative estimate of drug-likeness (QED) is 0.666. The third-order valence-corrected chi connectivity index (χ3v) is 2.93. The third-order valence-electron chi connectivity index (χ3n) is 2.58. The summed E-state index contributed by atoms with van der Waals surface area (Å²) in [6, 6.07) is 5.61. The molecule has 1 aliphatic rings. The summed E-state index contributed by atoms with van der Waals surface area (Å²) in [5.41, 5.74) is 2.81. The molecule has 1 unspecified atom stereocenters. The molecule has 0 fully saturated rings. The minimum absolute atomic E-state index is 0.0602. The molecule has 0 radical (unpaired) electrons. The second kappa shape index (κ2) is 4.24. The van der Waals surface area contributed by atoms with E-state index in [1.807, 2.05) is 18.2 Å². The topological polar surface area (TPSA) is 49.3 Å². The Labute approximate surface area is 93.9 Å². The first kappa shape index (κ1) is 10.5. The van der Waals surface area contributed by atoms with Crippen LogP contribution in [-0.4, -0.2) is 16.8 Å². The van der Waals surface area contributed by atoms with Crippen LogP contribution in [0.3, 0.4) is 0 Å². The monoisotopic (exact) mass is 223 g/mol. The van der Waals surface area contributed by atoms with Gasteiger partial charge in [-0.25, -0.2) is 0 Å². The Morgan fingerprint density at radius 1 is 1.47 bits per heavy atom. The molecule has 0 aliphatic carbocycles. The number of aliphatic hydroxyl groups excluding tert-OH is 1. The van der Waals surface area contributed by atoms with E-state index in [4.69, 9.17) is 0 Å². The SMILES string of the molecule is O=C1CCc2cc(C(O)CS)ccc2N1. The zero-order valence-electron chi connectivity index (χ0n) is 8.23. The molecule has 0 aromatic heterocycles. The number of anilines is 1. The highest BCUT2D eigenvalue weighted by Crippen LogP contribution is 2.26. The summed E-state index contributed by atoms with van der Waals surface area (Å²) < 4.78 is 0. The fourth-order valence-corrected chi connectivity index (χ4v) is 1.93. The van der Waals surface area contributed by atoms with E-state index in [1.165, 1.54) is 0 Å². The van der Waals surface area contributed by atoms with Gasteiger partial charge < -0.3 is 10.4 Å². The molecule has 80 valence electrons. The molecule has 0 bridgehead atoms. The zero-order valence-corrected chi connectivity index (χ0v) is 9.13. The van der Waals surface area contributed by atoms with Gasteiger partial charge in [0.15, 0.2) is 0 Å². The first-order valence-electron chi connectivity index (χ1n) is 4.92. The molecule has 2 N–H and O–H groups in total. The highest BCUT2D eigenvalue weighted by atomic mass is 32.1. The molecule has 0 saturated heterocycles. The van der Waals surface area contributed by atoms with Crippen molar-refractivity contribution >= 4 is 24.2 Å². The van der Waals surface area contributed by atoms with Crippen molar-refractivity contribution in [1.29, 1.82) is 0 Å². The summed E-state index contributed by atoms with van der Waals surface area (Å²) in [7, 11) is 0. The number of benzene rings is 1. The molecule has 1 atom stereocenters. The van der Waals surface area contributed by atoms with Gasteiger partial charge in [0.1, 0.15) is 0 Å². The van der Waals surface area contributed by atoms with Gasteiger partial charge in [0.25, 0.3) is 0 Å². The van der Waals surface area contributed by atoms with Crippen molar-refractivity contribution in [1.82, 2.24) is 0 Å². The van der Waals surface area contributed by atoms with Crippen molar-refractivity contribution in [2.45, 2.75) is 18.9 Å². The van der Waals surface area contributed by atoms with Crippen LogP contribution in [0.2, 0.25) is 0 Å². The Kier molecular flexibility index (Phi) is 2.98. The Bertz CT molecular complexity index is 392. The van der Waals surface area contributed by atoms with Gasteiger partial charge in [-0.15, -0.1) is 0 Å². The van der Waals surface area contributed by atoms with Gasteiger partial charge >= 0.3 is 0 Å². The fourth-order valence-electron chi connectivity index (χ4n) is 1.72. The Balaban J connectivity index is 2.30. The standard InChI is InChI=1S/C11H13NO2S/c13-10(6-15)8-1-3-9-7(5-8)2-4-11(14)12-9/h1,3,5,10,13,15H,2,4,6H2,(H,12,14). The lowest BCUT2D eigenvalue weighted by molar-refractivity contribution is -0.116. The van der Waals surface area contributed by atoms with E-state index >= 15 is 0 Å². The predicted molar refractivity (Wildman–Crippen MR) is 62.2 cm³/mol. The molecular formula is C11H13NO2S. The number of nitrogens with one attached hydrogen (secondary N) is 1. The minimum atomic E-state index is -0.531. The number of hydrogen-bond donors (Lipinski definition) is 3. The molecule has 1 heterocycles. The van der Waals surface area contributed by atoms with Gasteiger partial charge in [-0.05, 0) is 23.6 Å². The van der Waals surface area contributed by atoms with Gasteiger partial charge in [0.2, 0.25) is 5.91 Å². The summed E-state index contributed by atoms with van der Waals surface area (Å²) >= 11 is 4.05. The Morgan fingerprint density at radius 3 is 3.00 bits per heavy atom. The summed E-state index contributed by atoms with van der Waals surface area (Å²) in [5, 5.41) is 12.4. The number of carbonyl (C=O) groups excluding carboxylic acids is 1. The minimum Gasteiger partial charge on any atom is -0.388 e. The maximum atomic E-state index is 11.1. The first-order chi connectivity index (χ1) is 7.20. The highest BCUT2D eigenvalue weighted by Gasteiger charge is 2.16. The number of aliphatic hydroxyl groups is 1. The molecule has 3 nitrogen and oxygen atoms in total. The lowest BCUT2D eigenvalue weighted by atomic mass is 9.99. The molecule has 1 aromatic carbocycles. The maximum absolute atomic E-state index is 11.1. The summed E-state index contributed by atoms with van der Waals surface area (Å²) in [5.74, 6) is 0.468.